The van der Waals surface area contributed by atoms with Crippen molar-refractivity contribution in [2.24, 2.45) is 0 Å². The number of halogens is 1. The van der Waals surface area contributed by atoms with Gasteiger partial charge in [-0.2, -0.15) is 0 Å². The monoisotopic (exact) mass is 147 g/mol. The standard InChI is InChI=1S/C3H7.ClH.Ga/c1-3-2;;/h3H,1-2H3;1H;/q;;+1/p-1. The fourth-order valence-electron chi connectivity index (χ4n) is 0. The third-order valence-corrected chi connectivity index (χ3v) is 3.93. The van der Waals surface area contributed by atoms with Crippen molar-refractivity contribution in [2.45, 2.75) is 18.3 Å². The normalized spacial score (nSPS) is 8.80. The van der Waals surface area contributed by atoms with Gasteiger partial charge in [-0.15, -0.1) is 0 Å². The zero-order chi connectivity index (χ0) is 4.28. The summed E-state index contributed by atoms with van der Waals surface area (Å²) in [5.74, 6) is 0. The van der Waals surface area contributed by atoms with Crippen LogP contribution in [-0.4, -0.2) is 16.4 Å². The van der Waals surface area contributed by atoms with Crippen LogP contribution >= 0.6 is 9.64 Å². The molecule has 1 radical (unpaired) electrons. The molecule has 0 aliphatic heterocycles. The van der Waals surface area contributed by atoms with E-state index >= 15 is 0 Å². The molecule has 0 fully saturated rings. The van der Waals surface area contributed by atoms with Crippen LogP contribution in [-0.2, 0) is 0 Å². The molecule has 0 N–H and O–H groups in total. The summed E-state index contributed by atoms with van der Waals surface area (Å²) in [6, 6.07) is 0. The molecule has 0 aliphatic rings. The van der Waals surface area contributed by atoms with Crippen LogP contribution in [0.3, 0.4) is 0 Å². The third kappa shape index (κ3) is 4.93. The minimum absolute atomic E-state index is 0.299. The van der Waals surface area contributed by atoms with Crippen LogP contribution in [0.4, 0.5) is 0 Å². The average molecular weight is 148 g/mol. The molecule has 2 heteroatoms. The summed E-state index contributed by atoms with van der Waals surface area (Å²) in [4.78, 5) is 0. The minimum atomic E-state index is -0.299. The van der Waals surface area contributed by atoms with Crippen LogP contribution in [0.5, 0.6) is 0 Å². The van der Waals surface area contributed by atoms with Crippen molar-refractivity contribution in [1.29, 1.82) is 0 Å². The predicted molar refractivity (Wildman–Crippen MR) is 26.7 cm³/mol. The van der Waals surface area contributed by atoms with E-state index in [1.165, 1.54) is 0 Å². The average Bonchev–Trinajstić information content (AvgIpc) is 1.38. The Morgan fingerprint density at radius 2 is 1.80 bits per heavy atom. The van der Waals surface area contributed by atoms with Crippen LogP contribution in [0.25, 0.3) is 0 Å². The van der Waals surface area contributed by atoms with E-state index in [4.69, 9.17) is 9.64 Å². The first-order valence-corrected chi connectivity index (χ1v) is 6.29. The molecule has 0 rings (SSSR count). The Bertz CT molecular complexity index is 20.9. The molecule has 0 spiro atoms. The molecule has 0 unspecified atom stereocenters. The van der Waals surface area contributed by atoms with Gasteiger partial charge in [-0.25, -0.2) is 0 Å². The van der Waals surface area contributed by atoms with Crippen LogP contribution in [0.15, 0.2) is 0 Å². The van der Waals surface area contributed by atoms with Gasteiger partial charge in [-0.05, 0) is 0 Å². The predicted octanol–water partition coefficient (Wildman–Crippen LogP) is 1.67. The fraction of sp³-hybridized carbons (Fsp3) is 1.00. The van der Waals surface area contributed by atoms with Crippen LogP contribution in [0.2, 0.25) is 4.47 Å². The summed E-state index contributed by atoms with van der Waals surface area (Å²) >= 11 is -0.299. The Balaban J connectivity index is 2.54. The van der Waals surface area contributed by atoms with Gasteiger partial charge in [-0.1, -0.05) is 0 Å². The van der Waals surface area contributed by atoms with Crippen molar-refractivity contribution in [3.63, 3.8) is 0 Å². The maximum atomic E-state index is 5.49. The van der Waals surface area contributed by atoms with Gasteiger partial charge in [0.2, 0.25) is 0 Å². The van der Waals surface area contributed by atoms with Crippen molar-refractivity contribution < 1.29 is 0 Å². The molecular formula is C3H7ClGa. The van der Waals surface area contributed by atoms with Crippen LogP contribution in [0.1, 0.15) is 13.8 Å². The van der Waals surface area contributed by atoms with Gasteiger partial charge in [0.05, 0.1) is 0 Å². The van der Waals surface area contributed by atoms with E-state index in [9.17, 15) is 0 Å². The maximum absolute atomic E-state index is 5.49. The van der Waals surface area contributed by atoms with E-state index in [0.29, 0.717) is 0 Å². The van der Waals surface area contributed by atoms with E-state index in [2.05, 4.69) is 13.8 Å². The molecular weight excluding hydrogens is 141 g/mol. The summed E-state index contributed by atoms with van der Waals surface area (Å²) in [5, 5.41) is 0. The summed E-state index contributed by atoms with van der Waals surface area (Å²) in [5.41, 5.74) is 0. The topological polar surface area (TPSA) is 0 Å². The quantitative estimate of drug-likeness (QED) is 0.496. The summed E-state index contributed by atoms with van der Waals surface area (Å²) < 4.78 is 0.806. The summed E-state index contributed by atoms with van der Waals surface area (Å²) in [6.07, 6.45) is 0. The molecule has 0 saturated heterocycles. The van der Waals surface area contributed by atoms with Gasteiger partial charge in [0.1, 0.15) is 0 Å². The Labute approximate surface area is 44.7 Å². The van der Waals surface area contributed by atoms with Crippen LogP contribution in [0, 0.1) is 0 Å². The van der Waals surface area contributed by atoms with Crippen molar-refractivity contribution in [3.8, 4) is 0 Å². The molecule has 29 valence electrons. The number of hydrogen-bond donors (Lipinski definition) is 0. The van der Waals surface area contributed by atoms with E-state index in [1.807, 2.05) is 0 Å². The van der Waals surface area contributed by atoms with Crippen molar-refractivity contribution in [2.75, 3.05) is 0 Å². The molecule has 0 aromatic heterocycles. The van der Waals surface area contributed by atoms with Gasteiger partial charge in [-0.3, -0.25) is 0 Å². The van der Waals surface area contributed by atoms with Crippen LogP contribution < -0.4 is 0 Å². The van der Waals surface area contributed by atoms with Gasteiger partial charge in [0.25, 0.3) is 0 Å². The molecule has 0 saturated carbocycles. The fourth-order valence-corrected chi connectivity index (χ4v) is 0. The number of hydrogen-bond acceptors (Lipinski definition) is 0. The molecule has 0 nitrogen and oxygen atoms in total. The Kier molecular flexibility index (Phi) is 3.71. The number of rotatable bonds is 1. The first-order valence-electron chi connectivity index (χ1n) is 1.71. The second kappa shape index (κ2) is 3.13. The van der Waals surface area contributed by atoms with Crippen molar-refractivity contribution >= 4 is 26.0 Å². The van der Waals surface area contributed by atoms with Gasteiger partial charge >= 0.3 is 44.4 Å². The van der Waals surface area contributed by atoms with Crippen molar-refractivity contribution in [3.05, 3.63) is 0 Å². The van der Waals surface area contributed by atoms with Gasteiger partial charge in [0.15, 0.2) is 0 Å². The molecule has 0 aromatic rings. The molecule has 0 aromatic carbocycles. The second-order valence-electron chi connectivity index (χ2n) is 1.37. The molecule has 0 heterocycles. The Hall–Kier alpha value is 0.926. The molecule has 0 amide bonds. The van der Waals surface area contributed by atoms with E-state index < -0.39 is 0 Å². The first kappa shape index (κ1) is 5.93. The first-order chi connectivity index (χ1) is 2.27. The Morgan fingerprint density at radius 3 is 1.80 bits per heavy atom. The van der Waals surface area contributed by atoms with Gasteiger partial charge < -0.3 is 0 Å². The molecule has 5 heavy (non-hydrogen) atoms. The molecule has 0 bridgehead atoms. The second-order valence-corrected chi connectivity index (χ2v) is 6.01. The van der Waals surface area contributed by atoms with E-state index in [-0.39, 0.29) is 16.4 Å². The zero-order valence-corrected chi connectivity index (χ0v) is 6.71. The SMILES string of the molecule is C[CH](C)[Ga][Cl]. The Morgan fingerprint density at radius 1 is 1.60 bits per heavy atom. The van der Waals surface area contributed by atoms with E-state index in [0.717, 1.165) is 4.47 Å². The molecule has 0 aliphatic carbocycles. The zero-order valence-electron chi connectivity index (χ0n) is 3.53. The molecule has 0 atom stereocenters. The van der Waals surface area contributed by atoms with Gasteiger partial charge in [0, 0.05) is 0 Å². The van der Waals surface area contributed by atoms with E-state index in [1.54, 1.807) is 0 Å². The third-order valence-electron chi connectivity index (χ3n) is 0.252. The van der Waals surface area contributed by atoms with Crippen molar-refractivity contribution in [1.82, 2.24) is 0 Å². The summed E-state index contributed by atoms with van der Waals surface area (Å²) in [7, 11) is 5.49. The summed E-state index contributed by atoms with van der Waals surface area (Å²) in [6.45, 7) is 4.32.